The van der Waals surface area contributed by atoms with Crippen molar-refractivity contribution in [2.24, 2.45) is 4.99 Å². The van der Waals surface area contributed by atoms with E-state index in [1.165, 1.54) is 5.56 Å². The number of nitrogens with one attached hydrogen (secondary N) is 2. The van der Waals surface area contributed by atoms with Gasteiger partial charge in [-0.15, -0.1) is 24.0 Å². The van der Waals surface area contributed by atoms with Crippen LogP contribution in [0.2, 0.25) is 0 Å². The third kappa shape index (κ3) is 6.69. The molecule has 34 heavy (non-hydrogen) atoms. The van der Waals surface area contributed by atoms with Gasteiger partial charge < -0.3 is 25.0 Å². The van der Waals surface area contributed by atoms with Gasteiger partial charge in [0.05, 0.1) is 18.4 Å². The molecule has 1 saturated heterocycles. The second kappa shape index (κ2) is 12.7. The van der Waals surface area contributed by atoms with Crippen molar-refractivity contribution in [3.05, 3.63) is 66.2 Å². The molecule has 3 heterocycles. The van der Waals surface area contributed by atoms with Gasteiger partial charge in [-0.1, -0.05) is 37.3 Å². The molecule has 0 saturated carbocycles. The Kier molecular flexibility index (Phi) is 9.70. The van der Waals surface area contributed by atoms with Gasteiger partial charge >= 0.3 is 0 Å². The summed E-state index contributed by atoms with van der Waals surface area (Å²) < 4.78 is 0. The molecule has 8 nitrogen and oxygen atoms in total. The van der Waals surface area contributed by atoms with Crippen molar-refractivity contribution in [2.75, 3.05) is 51.7 Å². The molecule has 0 spiro atoms. The van der Waals surface area contributed by atoms with Crippen LogP contribution in [0.25, 0.3) is 11.3 Å². The molecule has 3 aromatic rings. The number of imidazole rings is 1. The maximum atomic E-state index is 4.61. The number of aromatic amines is 1. The topological polar surface area (TPSA) is 75.7 Å². The number of nitrogens with zero attached hydrogens (tertiary/aromatic N) is 6. The smallest absolute Gasteiger partial charge is 0.194 e. The summed E-state index contributed by atoms with van der Waals surface area (Å²) >= 11 is 0. The van der Waals surface area contributed by atoms with E-state index in [1.807, 2.05) is 44.7 Å². The van der Waals surface area contributed by atoms with Crippen molar-refractivity contribution in [3.63, 3.8) is 0 Å². The highest BCUT2D eigenvalue weighted by molar-refractivity contribution is 14.0. The van der Waals surface area contributed by atoms with Crippen molar-refractivity contribution in [3.8, 4) is 11.3 Å². The van der Waals surface area contributed by atoms with Crippen LogP contribution in [0, 0.1) is 0 Å². The monoisotopic (exact) mass is 574 g/mol. The normalized spacial score (nSPS) is 14.6. The molecule has 1 aromatic carbocycles. The van der Waals surface area contributed by atoms with Gasteiger partial charge in [0.25, 0.3) is 0 Å². The fourth-order valence-corrected chi connectivity index (χ4v) is 4.11. The molecule has 2 aromatic heterocycles. The first kappa shape index (κ1) is 26.0. The lowest BCUT2D eigenvalue weighted by Gasteiger charge is -2.34. The third-order valence-electron chi connectivity index (χ3n) is 6.08. The molecule has 0 radical (unpaired) electrons. The van der Waals surface area contributed by atoms with E-state index in [9.17, 15) is 0 Å². The number of rotatable bonds is 7. The molecule has 0 unspecified atom stereocenters. The lowest BCUT2D eigenvalue weighted by Crippen LogP contribution is -2.46. The average molecular weight is 575 g/mol. The first-order valence-corrected chi connectivity index (χ1v) is 11.6. The van der Waals surface area contributed by atoms with Crippen molar-refractivity contribution < 1.29 is 0 Å². The number of hydrogen-bond acceptors (Lipinski definition) is 5. The average Bonchev–Trinajstić information content (AvgIpc) is 3.33. The Morgan fingerprint density at radius 2 is 1.88 bits per heavy atom. The zero-order valence-electron chi connectivity index (χ0n) is 20.2. The van der Waals surface area contributed by atoms with Gasteiger partial charge in [-0.25, -0.2) is 9.97 Å². The van der Waals surface area contributed by atoms with E-state index >= 15 is 0 Å². The second-order valence-electron chi connectivity index (χ2n) is 8.31. The first-order valence-electron chi connectivity index (χ1n) is 11.6. The maximum absolute atomic E-state index is 4.61. The number of guanidine groups is 1. The number of hydrogen-bond donors (Lipinski definition) is 2. The number of piperazine rings is 1. The lowest BCUT2D eigenvalue weighted by atomic mass is 10.2. The number of likely N-dealkylation sites (N-methyl/N-ethyl adjacent to an activating group) is 1. The van der Waals surface area contributed by atoms with Gasteiger partial charge in [0, 0.05) is 53.0 Å². The fourth-order valence-electron chi connectivity index (χ4n) is 4.11. The van der Waals surface area contributed by atoms with Gasteiger partial charge in [-0.05, 0) is 29.8 Å². The van der Waals surface area contributed by atoms with Crippen LogP contribution < -0.4 is 10.2 Å². The molecule has 1 fully saturated rings. The molecule has 2 N–H and O–H groups in total. The molecule has 0 atom stereocenters. The van der Waals surface area contributed by atoms with E-state index in [0.717, 1.165) is 61.6 Å². The van der Waals surface area contributed by atoms with Crippen LogP contribution in [0.4, 0.5) is 5.82 Å². The minimum Gasteiger partial charge on any atom is -0.354 e. The summed E-state index contributed by atoms with van der Waals surface area (Å²) in [5.74, 6) is 2.77. The number of aromatic nitrogens is 3. The molecule has 1 aliphatic rings. The van der Waals surface area contributed by atoms with Crippen molar-refractivity contribution in [2.45, 2.75) is 20.0 Å². The Labute approximate surface area is 219 Å². The number of pyridine rings is 1. The van der Waals surface area contributed by atoms with Gasteiger partial charge in [-0.2, -0.15) is 0 Å². The predicted molar refractivity (Wildman–Crippen MR) is 150 cm³/mol. The van der Waals surface area contributed by atoms with E-state index < -0.39 is 0 Å². The van der Waals surface area contributed by atoms with E-state index in [4.69, 9.17) is 0 Å². The van der Waals surface area contributed by atoms with Crippen molar-refractivity contribution in [1.29, 1.82) is 0 Å². The summed E-state index contributed by atoms with van der Waals surface area (Å²) in [6.07, 6.45) is 3.78. The van der Waals surface area contributed by atoms with Gasteiger partial charge in [0.15, 0.2) is 5.96 Å². The van der Waals surface area contributed by atoms with Crippen LogP contribution in [0.15, 0.2) is 59.9 Å². The van der Waals surface area contributed by atoms with Gasteiger partial charge in [0.2, 0.25) is 0 Å². The highest BCUT2D eigenvalue weighted by Gasteiger charge is 2.17. The van der Waals surface area contributed by atoms with E-state index in [0.29, 0.717) is 13.1 Å². The second-order valence-corrected chi connectivity index (χ2v) is 8.31. The minimum absolute atomic E-state index is 0. The van der Waals surface area contributed by atoms with Crippen LogP contribution in [0.3, 0.4) is 0 Å². The van der Waals surface area contributed by atoms with Crippen LogP contribution in [-0.2, 0) is 13.1 Å². The third-order valence-corrected chi connectivity index (χ3v) is 6.08. The number of anilines is 1. The highest BCUT2D eigenvalue weighted by Crippen LogP contribution is 2.17. The van der Waals surface area contributed by atoms with Crippen molar-refractivity contribution >= 4 is 35.8 Å². The largest absolute Gasteiger partial charge is 0.354 e. The minimum atomic E-state index is 0. The molecule has 0 aliphatic carbocycles. The SMILES string of the molecule is CCN1CCN(c2cc(CNC(=NC)N(C)Cc3ncc(-c4ccccc4)[nH]3)ccn2)CC1.I. The lowest BCUT2D eigenvalue weighted by molar-refractivity contribution is 0.270. The first-order chi connectivity index (χ1) is 16.2. The zero-order valence-corrected chi connectivity index (χ0v) is 22.6. The molecular weight excluding hydrogens is 539 g/mol. The Morgan fingerprint density at radius 3 is 2.59 bits per heavy atom. The Hall–Kier alpha value is -2.66. The molecule has 9 heteroatoms. The molecular formula is C25H35IN8. The number of halogens is 1. The predicted octanol–water partition coefficient (Wildman–Crippen LogP) is 3.44. The Bertz CT molecular complexity index is 1040. The van der Waals surface area contributed by atoms with Crippen LogP contribution in [-0.4, -0.2) is 77.5 Å². The molecule has 0 amide bonds. The van der Waals surface area contributed by atoms with E-state index in [1.54, 1.807) is 0 Å². The summed E-state index contributed by atoms with van der Waals surface area (Å²) in [7, 11) is 3.83. The van der Waals surface area contributed by atoms with Crippen LogP contribution in [0.5, 0.6) is 0 Å². The van der Waals surface area contributed by atoms with E-state index in [-0.39, 0.29) is 24.0 Å². The summed E-state index contributed by atoms with van der Waals surface area (Å²) in [6, 6.07) is 14.5. The van der Waals surface area contributed by atoms with E-state index in [2.05, 4.69) is 71.2 Å². The molecule has 0 bridgehead atoms. The molecule has 182 valence electrons. The van der Waals surface area contributed by atoms with Gasteiger partial charge in [0.1, 0.15) is 11.6 Å². The Morgan fingerprint density at radius 1 is 1.12 bits per heavy atom. The number of benzene rings is 1. The standard InChI is InChI=1S/C25H34N8.HI/c1-4-32-12-14-33(15-13-32)24-16-20(10-11-27-24)17-29-25(26-2)31(3)19-23-28-18-22(30-23)21-8-6-5-7-9-21;/h5-11,16,18H,4,12-15,17,19H2,1-3H3,(H,26,29)(H,28,30);1H. The zero-order chi connectivity index (χ0) is 23.0. The number of aliphatic imine (C=N–C) groups is 1. The van der Waals surface area contributed by atoms with Crippen LogP contribution >= 0.6 is 24.0 Å². The summed E-state index contributed by atoms with van der Waals surface area (Å²) in [5, 5.41) is 3.47. The molecule has 1 aliphatic heterocycles. The highest BCUT2D eigenvalue weighted by atomic mass is 127. The maximum Gasteiger partial charge on any atom is 0.194 e. The van der Waals surface area contributed by atoms with Crippen molar-refractivity contribution in [1.82, 2.24) is 30.1 Å². The summed E-state index contributed by atoms with van der Waals surface area (Å²) in [6.45, 7) is 8.90. The summed E-state index contributed by atoms with van der Waals surface area (Å²) in [5.41, 5.74) is 3.34. The molecule has 4 rings (SSSR count). The quantitative estimate of drug-likeness (QED) is 0.256. The van der Waals surface area contributed by atoms with Gasteiger partial charge in [-0.3, -0.25) is 4.99 Å². The fraction of sp³-hybridized carbons (Fsp3) is 0.400. The number of H-pyrrole nitrogens is 1. The Balaban J connectivity index is 0.00000324. The summed E-state index contributed by atoms with van der Waals surface area (Å²) in [4.78, 5) is 23.9. The van der Waals surface area contributed by atoms with Crippen LogP contribution in [0.1, 0.15) is 18.3 Å².